The summed E-state index contributed by atoms with van der Waals surface area (Å²) < 4.78 is 0.858. The summed E-state index contributed by atoms with van der Waals surface area (Å²) in [7, 11) is 0. The van der Waals surface area contributed by atoms with Gasteiger partial charge in [-0.3, -0.25) is 9.59 Å². The molecule has 6 nitrogen and oxygen atoms in total. The van der Waals surface area contributed by atoms with Crippen molar-refractivity contribution in [1.82, 2.24) is 9.88 Å². The number of likely N-dealkylation sites (tertiary alicyclic amines) is 1. The molecule has 0 atom stereocenters. The zero-order valence-corrected chi connectivity index (χ0v) is 16.5. The molecule has 0 bridgehead atoms. The minimum atomic E-state index is -0.113. The number of piperidine rings is 1. The first-order valence-electron chi connectivity index (χ1n) is 9.00. The van der Waals surface area contributed by atoms with Crippen LogP contribution >= 0.6 is 15.9 Å². The molecular formula is C20H22BrN3O3. The Morgan fingerprint density at radius 1 is 1.19 bits per heavy atom. The van der Waals surface area contributed by atoms with Crippen LogP contribution in [0.25, 0.3) is 0 Å². The lowest BCUT2D eigenvalue weighted by molar-refractivity contribution is -0.134. The molecule has 0 unspecified atom stereocenters. The maximum Gasteiger partial charge on any atom is 0.228 e. The van der Waals surface area contributed by atoms with Crippen LogP contribution < -0.4 is 5.32 Å². The van der Waals surface area contributed by atoms with Gasteiger partial charge in [0.1, 0.15) is 11.6 Å². The summed E-state index contributed by atoms with van der Waals surface area (Å²) >= 11 is 3.31. The first kappa shape index (κ1) is 19.4. The molecule has 1 aromatic heterocycles. The van der Waals surface area contributed by atoms with Gasteiger partial charge < -0.3 is 15.3 Å². The predicted molar refractivity (Wildman–Crippen MR) is 106 cm³/mol. The Labute approximate surface area is 166 Å². The van der Waals surface area contributed by atoms with Gasteiger partial charge in [-0.25, -0.2) is 4.98 Å². The predicted octanol–water partition coefficient (Wildman–Crippen LogP) is 3.36. The van der Waals surface area contributed by atoms with Gasteiger partial charge in [-0.1, -0.05) is 18.2 Å². The van der Waals surface area contributed by atoms with Crippen LogP contribution in [0.1, 0.15) is 24.8 Å². The summed E-state index contributed by atoms with van der Waals surface area (Å²) in [4.78, 5) is 30.8. The number of nitrogens with zero attached hydrogens (tertiary/aromatic N) is 2. The molecule has 1 aliphatic rings. The van der Waals surface area contributed by atoms with Gasteiger partial charge in [0.25, 0.3) is 0 Å². The van der Waals surface area contributed by atoms with Crippen LogP contribution in [0.2, 0.25) is 0 Å². The van der Waals surface area contributed by atoms with Gasteiger partial charge in [-0.15, -0.1) is 0 Å². The van der Waals surface area contributed by atoms with Crippen molar-refractivity contribution >= 4 is 33.6 Å². The number of benzene rings is 1. The number of nitrogens with one attached hydrogen (secondary N) is 1. The Kier molecular flexibility index (Phi) is 6.45. The van der Waals surface area contributed by atoms with Gasteiger partial charge in [-0.05, 0) is 59.0 Å². The highest BCUT2D eigenvalue weighted by Crippen LogP contribution is 2.22. The molecule has 2 amide bonds. The minimum Gasteiger partial charge on any atom is -0.508 e. The van der Waals surface area contributed by atoms with E-state index in [1.165, 1.54) is 0 Å². The third kappa shape index (κ3) is 5.29. The van der Waals surface area contributed by atoms with E-state index in [-0.39, 0.29) is 23.5 Å². The molecule has 27 heavy (non-hydrogen) atoms. The van der Waals surface area contributed by atoms with Crippen LogP contribution in [-0.4, -0.2) is 39.9 Å². The standard InChI is InChI=1S/C20H22BrN3O3/c21-16-6-7-18(22-13-16)23-20(27)15-9-11-24(12-10-15)19(26)8-5-14-3-1-2-4-17(14)25/h1-4,6-7,13,15,25H,5,8-12H2,(H,22,23,27). The number of aromatic hydroxyl groups is 1. The topological polar surface area (TPSA) is 82.5 Å². The van der Waals surface area contributed by atoms with E-state index in [1.807, 2.05) is 23.1 Å². The molecule has 1 aromatic carbocycles. The molecule has 1 fully saturated rings. The van der Waals surface area contributed by atoms with Crippen molar-refractivity contribution in [3.63, 3.8) is 0 Å². The second-order valence-corrected chi connectivity index (χ2v) is 7.55. The molecule has 7 heteroatoms. The number of amides is 2. The molecule has 0 saturated carbocycles. The number of phenols is 1. The number of anilines is 1. The molecule has 0 radical (unpaired) electrons. The fourth-order valence-corrected chi connectivity index (χ4v) is 3.43. The van der Waals surface area contributed by atoms with Gasteiger partial charge in [0.15, 0.2) is 0 Å². The Balaban J connectivity index is 1.45. The van der Waals surface area contributed by atoms with Gasteiger partial charge in [0, 0.05) is 36.1 Å². The maximum atomic E-state index is 12.4. The summed E-state index contributed by atoms with van der Waals surface area (Å²) in [6.45, 7) is 1.15. The number of halogens is 1. The number of hydrogen-bond acceptors (Lipinski definition) is 4. The molecular weight excluding hydrogens is 410 g/mol. The highest BCUT2D eigenvalue weighted by atomic mass is 79.9. The van der Waals surface area contributed by atoms with Crippen molar-refractivity contribution in [3.05, 3.63) is 52.6 Å². The number of pyridine rings is 1. The molecule has 2 N–H and O–H groups in total. The minimum absolute atomic E-state index is 0.0499. The Hall–Kier alpha value is -2.41. The molecule has 0 aliphatic carbocycles. The van der Waals surface area contributed by atoms with Gasteiger partial charge >= 0.3 is 0 Å². The van der Waals surface area contributed by atoms with Crippen molar-refractivity contribution < 1.29 is 14.7 Å². The van der Waals surface area contributed by atoms with Gasteiger partial charge in [0.2, 0.25) is 11.8 Å². The van der Waals surface area contributed by atoms with Crippen molar-refractivity contribution in [3.8, 4) is 5.75 Å². The fraction of sp³-hybridized carbons (Fsp3) is 0.350. The molecule has 2 heterocycles. The van der Waals surface area contributed by atoms with Crippen molar-refractivity contribution in [2.24, 2.45) is 5.92 Å². The summed E-state index contributed by atoms with van der Waals surface area (Å²) in [6.07, 6.45) is 3.80. The molecule has 1 aliphatic heterocycles. The van der Waals surface area contributed by atoms with Crippen molar-refractivity contribution in [2.45, 2.75) is 25.7 Å². The quantitative estimate of drug-likeness (QED) is 0.759. The molecule has 142 valence electrons. The van der Waals surface area contributed by atoms with E-state index in [2.05, 4.69) is 26.2 Å². The van der Waals surface area contributed by atoms with E-state index in [0.29, 0.717) is 44.6 Å². The lowest BCUT2D eigenvalue weighted by Gasteiger charge is -2.31. The van der Waals surface area contributed by atoms with Crippen LogP contribution in [-0.2, 0) is 16.0 Å². The molecule has 1 saturated heterocycles. The summed E-state index contributed by atoms with van der Waals surface area (Å²) in [6, 6.07) is 10.7. The largest absolute Gasteiger partial charge is 0.508 e. The summed E-state index contributed by atoms with van der Waals surface area (Å²) in [5, 5.41) is 12.6. The van der Waals surface area contributed by atoms with Gasteiger partial charge in [0.05, 0.1) is 0 Å². The number of rotatable bonds is 5. The number of hydrogen-bond donors (Lipinski definition) is 2. The molecule has 0 spiro atoms. The lowest BCUT2D eigenvalue weighted by Crippen LogP contribution is -2.41. The maximum absolute atomic E-state index is 12.4. The SMILES string of the molecule is O=C(Nc1ccc(Br)cn1)C1CCN(C(=O)CCc2ccccc2O)CC1. The van der Waals surface area contributed by atoms with E-state index in [0.717, 1.165) is 10.0 Å². The van der Waals surface area contributed by atoms with Gasteiger partial charge in [-0.2, -0.15) is 0 Å². The Bertz CT molecular complexity index is 802. The number of para-hydroxylation sites is 1. The van der Waals surface area contributed by atoms with Crippen LogP contribution in [0, 0.1) is 5.92 Å². The van der Waals surface area contributed by atoms with E-state index in [1.54, 1.807) is 24.4 Å². The highest BCUT2D eigenvalue weighted by Gasteiger charge is 2.27. The monoisotopic (exact) mass is 431 g/mol. The van der Waals surface area contributed by atoms with Crippen molar-refractivity contribution in [1.29, 1.82) is 0 Å². The lowest BCUT2D eigenvalue weighted by atomic mass is 9.95. The molecule has 2 aromatic rings. The third-order valence-corrected chi connectivity index (χ3v) is 5.27. The average molecular weight is 432 g/mol. The van der Waals surface area contributed by atoms with E-state index in [9.17, 15) is 14.7 Å². The highest BCUT2D eigenvalue weighted by molar-refractivity contribution is 9.10. The fourth-order valence-electron chi connectivity index (χ4n) is 3.19. The van der Waals surface area contributed by atoms with E-state index in [4.69, 9.17) is 0 Å². The molecule has 3 rings (SSSR count). The zero-order chi connectivity index (χ0) is 19.2. The van der Waals surface area contributed by atoms with E-state index >= 15 is 0 Å². The van der Waals surface area contributed by atoms with Crippen LogP contribution in [0.3, 0.4) is 0 Å². The summed E-state index contributed by atoms with van der Waals surface area (Å²) in [5.74, 6) is 0.655. The van der Waals surface area contributed by atoms with Crippen LogP contribution in [0.4, 0.5) is 5.82 Å². The van der Waals surface area contributed by atoms with Crippen LogP contribution in [0.5, 0.6) is 5.75 Å². The first-order valence-corrected chi connectivity index (χ1v) is 9.79. The number of phenolic OH excluding ortho intramolecular Hbond substituents is 1. The first-order chi connectivity index (χ1) is 13.0. The zero-order valence-electron chi connectivity index (χ0n) is 14.9. The number of aryl methyl sites for hydroxylation is 1. The smallest absolute Gasteiger partial charge is 0.228 e. The number of carbonyl (C=O) groups excluding carboxylic acids is 2. The number of aromatic nitrogens is 1. The average Bonchev–Trinajstić information content (AvgIpc) is 2.69. The normalized spacial score (nSPS) is 14.8. The summed E-state index contributed by atoms with van der Waals surface area (Å²) in [5.41, 5.74) is 0.780. The second-order valence-electron chi connectivity index (χ2n) is 6.63. The second kappa shape index (κ2) is 8.99. The van der Waals surface area contributed by atoms with E-state index < -0.39 is 0 Å². The third-order valence-electron chi connectivity index (χ3n) is 4.80. The Morgan fingerprint density at radius 3 is 2.59 bits per heavy atom. The van der Waals surface area contributed by atoms with Crippen molar-refractivity contribution in [2.75, 3.05) is 18.4 Å². The number of carbonyl (C=O) groups is 2. The Morgan fingerprint density at radius 2 is 1.93 bits per heavy atom. The van der Waals surface area contributed by atoms with Crippen LogP contribution in [0.15, 0.2) is 47.1 Å².